The van der Waals surface area contributed by atoms with Crippen molar-refractivity contribution in [2.24, 2.45) is 0 Å². The number of para-hydroxylation sites is 3. The summed E-state index contributed by atoms with van der Waals surface area (Å²) in [5.74, 6) is 3.56. The highest BCUT2D eigenvalue weighted by Crippen LogP contribution is 2.34. The molecule has 0 radical (unpaired) electrons. The Labute approximate surface area is 175 Å². The zero-order valence-corrected chi connectivity index (χ0v) is 17.0. The lowest BCUT2D eigenvalue weighted by Gasteiger charge is -2.13. The Morgan fingerprint density at radius 3 is 0.967 bits per heavy atom. The lowest BCUT2D eigenvalue weighted by Crippen LogP contribution is -2.02. The van der Waals surface area contributed by atoms with Crippen LogP contribution in [0.4, 0.5) is 0 Å². The summed E-state index contributed by atoms with van der Waals surface area (Å²) in [5, 5.41) is 0. The lowest BCUT2D eigenvalue weighted by atomic mass is 10.1. The Morgan fingerprint density at radius 2 is 0.700 bits per heavy atom. The highest BCUT2D eigenvalue weighted by molar-refractivity contribution is 5.73. The monoisotopic (exact) mass is 399 g/mol. The minimum Gasteiger partial charge on any atom is -0.496 e. The first-order chi connectivity index (χ1) is 14.7. The summed E-state index contributed by atoms with van der Waals surface area (Å²) in [6.07, 6.45) is 0. The third-order valence-corrected chi connectivity index (χ3v) is 4.68. The van der Waals surface area contributed by atoms with Crippen molar-refractivity contribution in [2.75, 3.05) is 21.3 Å². The fourth-order valence-corrected chi connectivity index (χ4v) is 3.23. The Kier molecular flexibility index (Phi) is 5.57. The summed E-state index contributed by atoms with van der Waals surface area (Å²) in [6.45, 7) is 0. The number of aromatic nitrogens is 3. The van der Waals surface area contributed by atoms with Gasteiger partial charge in [0.25, 0.3) is 0 Å². The van der Waals surface area contributed by atoms with Crippen LogP contribution in [0.1, 0.15) is 0 Å². The molecule has 0 fully saturated rings. The van der Waals surface area contributed by atoms with E-state index >= 15 is 0 Å². The van der Waals surface area contributed by atoms with Gasteiger partial charge >= 0.3 is 0 Å². The van der Waals surface area contributed by atoms with Crippen LogP contribution in [0.25, 0.3) is 34.2 Å². The zero-order chi connectivity index (χ0) is 20.9. The molecule has 6 nitrogen and oxygen atoms in total. The quantitative estimate of drug-likeness (QED) is 0.459. The summed E-state index contributed by atoms with van der Waals surface area (Å²) < 4.78 is 16.6. The summed E-state index contributed by atoms with van der Waals surface area (Å²) in [4.78, 5) is 14.2. The number of rotatable bonds is 6. The lowest BCUT2D eigenvalue weighted by molar-refractivity contribution is 0.415. The van der Waals surface area contributed by atoms with Gasteiger partial charge in [-0.05, 0) is 36.4 Å². The molecule has 6 heteroatoms. The van der Waals surface area contributed by atoms with E-state index in [0.29, 0.717) is 34.7 Å². The standard InChI is InChI=1S/C24H21N3O3/c1-28-19-13-7-4-10-16(19)22-25-23(17-11-5-8-14-20(17)29-2)27-24(26-22)18-12-6-9-15-21(18)30-3/h4-15H,1-3H3. The molecule has 0 aliphatic rings. The molecule has 0 saturated carbocycles. The largest absolute Gasteiger partial charge is 0.496 e. The zero-order valence-electron chi connectivity index (χ0n) is 17.0. The van der Waals surface area contributed by atoms with Gasteiger partial charge in [-0.2, -0.15) is 0 Å². The van der Waals surface area contributed by atoms with Crippen LogP contribution >= 0.6 is 0 Å². The number of hydrogen-bond donors (Lipinski definition) is 0. The van der Waals surface area contributed by atoms with Gasteiger partial charge in [0.1, 0.15) is 17.2 Å². The molecule has 0 N–H and O–H groups in total. The number of nitrogens with zero attached hydrogens (tertiary/aromatic N) is 3. The van der Waals surface area contributed by atoms with Gasteiger partial charge in [-0.3, -0.25) is 0 Å². The van der Waals surface area contributed by atoms with Gasteiger partial charge in [-0.1, -0.05) is 36.4 Å². The molecule has 0 atom stereocenters. The van der Waals surface area contributed by atoms with Gasteiger partial charge in [0.05, 0.1) is 38.0 Å². The molecule has 0 aliphatic carbocycles. The Hall–Kier alpha value is -3.93. The molecule has 1 heterocycles. The van der Waals surface area contributed by atoms with E-state index in [-0.39, 0.29) is 0 Å². The predicted octanol–water partition coefficient (Wildman–Crippen LogP) is 4.90. The van der Waals surface area contributed by atoms with Crippen molar-refractivity contribution < 1.29 is 14.2 Å². The van der Waals surface area contributed by atoms with Gasteiger partial charge in [-0.15, -0.1) is 0 Å². The highest BCUT2D eigenvalue weighted by atomic mass is 16.5. The van der Waals surface area contributed by atoms with Gasteiger partial charge in [-0.25, -0.2) is 15.0 Å². The molecule has 0 unspecified atom stereocenters. The topological polar surface area (TPSA) is 66.4 Å². The molecule has 4 rings (SSSR count). The van der Waals surface area contributed by atoms with Crippen LogP contribution in [0.2, 0.25) is 0 Å². The minimum atomic E-state index is 0.504. The third kappa shape index (κ3) is 3.67. The minimum absolute atomic E-state index is 0.504. The molecule has 0 amide bonds. The summed E-state index contributed by atoms with van der Waals surface area (Å²) in [7, 11) is 4.88. The van der Waals surface area contributed by atoms with E-state index in [9.17, 15) is 0 Å². The molecule has 4 aromatic rings. The molecule has 0 spiro atoms. The molecule has 30 heavy (non-hydrogen) atoms. The predicted molar refractivity (Wildman–Crippen MR) is 116 cm³/mol. The van der Waals surface area contributed by atoms with Crippen LogP contribution in [0.15, 0.2) is 72.8 Å². The van der Waals surface area contributed by atoms with E-state index in [1.54, 1.807) is 21.3 Å². The van der Waals surface area contributed by atoms with Crippen LogP contribution < -0.4 is 14.2 Å². The van der Waals surface area contributed by atoms with Crippen LogP contribution in [-0.4, -0.2) is 36.3 Å². The molecule has 0 saturated heterocycles. The SMILES string of the molecule is COc1ccccc1-c1nc(-c2ccccc2OC)nc(-c2ccccc2OC)n1. The van der Waals surface area contributed by atoms with Crippen LogP contribution in [0.3, 0.4) is 0 Å². The maximum Gasteiger partial charge on any atom is 0.167 e. The second-order valence-corrected chi connectivity index (χ2v) is 6.41. The van der Waals surface area contributed by atoms with Crippen molar-refractivity contribution in [3.8, 4) is 51.4 Å². The summed E-state index contributed by atoms with van der Waals surface area (Å²) in [6, 6.07) is 22.9. The van der Waals surface area contributed by atoms with Crippen molar-refractivity contribution in [1.82, 2.24) is 15.0 Å². The van der Waals surface area contributed by atoms with E-state index < -0.39 is 0 Å². The van der Waals surface area contributed by atoms with Crippen molar-refractivity contribution in [2.45, 2.75) is 0 Å². The fourth-order valence-electron chi connectivity index (χ4n) is 3.23. The second kappa shape index (κ2) is 8.61. The average Bonchev–Trinajstić information content (AvgIpc) is 2.83. The fraction of sp³-hybridized carbons (Fsp3) is 0.125. The third-order valence-electron chi connectivity index (χ3n) is 4.68. The van der Waals surface area contributed by atoms with E-state index in [0.717, 1.165) is 16.7 Å². The normalized spacial score (nSPS) is 10.5. The highest BCUT2D eigenvalue weighted by Gasteiger charge is 2.18. The van der Waals surface area contributed by atoms with Crippen LogP contribution in [0.5, 0.6) is 17.2 Å². The average molecular weight is 399 g/mol. The first-order valence-electron chi connectivity index (χ1n) is 9.41. The maximum absolute atomic E-state index is 5.53. The molecule has 1 aromatic heterocycles. The van der Waals surface area contributed by atoms with Crippen molar-refractivity contribution in [3.63, 3.8) is 0 Å². The van der Waals surface area contributed by atoms with E-state index in [2.05, 4.69) is 0 Å². The van der Waals surface area contributed by atoms with E-state index in [1.165, 1.54) is 0 Å². The molecular formula is C24H21N3O3. The van der Waals surface area contributed by atoms with Crippen LogP contribution in [-0.2, 0) is 0 Å². The van der Waals surface area contributed by atoms with Gasteiger partial charge < -0.3 is 14.2 Å². The van der Waals surface area contributed by atoms with Gasteiger partial charge in [0.2, 0.25) is 0 Å². The van der Waals surface area contributed by atoms with E-state index in [4.69, 9.17) is 29.2 Å². The second-order valence-electron chi connectivity index (χ2n) is 6.41. The first-order valence-corrected chi connectivity index (χ1v) is 9.41. The summed E-state index contributed by atoms with van der Waals surface area (Å²) >= 11 is 0. The number of hydrogen-bond acceptors (Lipinski definition) is 6. The number of methoxy groups -OCH3 is 3. The molecular weight excluding hydrogens is 378 g/mol. The molecule has 0 bridgehead atoms. The van der Waals surface area contributed by atoms with Crippen LogP contribution in [0, 0.1) is 0 Å². The Balaban J connectivity index is 2.00. The Bertz CT molecular complexity index is 1020. The molecule has 0 aliphatic heterocycles. The van der Waals surface area contributed by atoms with Crippen molar-refractivity contribution >= 4 is 0 Å². The van der Waals surface area contributed by atoms with Gasteiger partial charge in [0.15, 0.2) is 17.5 Å². The van der Waals surface area contributed by atoms with Gasteiger partial charge in [0, 0.05) is 0 Å². The first kappa shape index (κ1) is 19.4. The van der Waals surface area contributed by atoms with Crippen molar-refractivity contribution in [1.29, 1.82) is 0 Å². The Morgan fingerprint density at radius 1 is 0.433 bits per heavy atom. The van der Waals surface area contributed by atoms with E-state index in [1.807, 2.05) is 72.8 Å². The van der Waals surface area contributed by atoms with Crippen molar-refractivity contribution in [3.05, 3.63) is 72.8 Å². The number of ether oxygens (including phenoxy) is 3. The maximum atomic E-state index is 5.53. The molecule has 150 valence electrons. The smallest absolute Gasteiger partial charge is 0.167 e. The molecule has 3 aromatic carbocycles. The summed E-state index contributed by atoms with van der Waals surface area (Å²) in [5.41, 5.74) is 2.32. The number of benzene rings is 3.